The molecular weight excluding hydrogens is 356 g/mol. The molecular formula is C14H16BrClN4O. The number of amides is 1. The molecule has 0 aromatic carbocycles. The van der Waals surface area contributed by atoms with Crippen molar-refractivity contribution < 1.29 is 4.79 Å². The summed E-state index contributed by atoms with van der Waals surface area (Å²) >= 11 is 9.25. The minimum atomic E-state index is -0.0736. The third-order valence-electron chi connectivity index (χ3n) is 3.85. The first-order chi connectivity index (χ1) is 10.2. The topological polar surface area (TPSA) is 59.8 Å². The van der Waals surface area contributed by atoms with Crippen molar-refractivity contribution in [3.63, 3.8) is 0 Å². The number of rotatable bonds is 4. The molecule has 1 aliphatic rings. The molecule has 0 spiro atoms. The first-order valence-electron chi connectivity index (χ1n) is 7.08. The van der Waals surface area contributed by atoms with E-state index in [9.17, 15) is 4.79 Å². The van der Waals surface area contributed by atoms with Crippen LogP contribution in [-0.4, -0.2) is 32.3 Å². The van der Waals surface area contributed by atoms with Gasteiger partial charge in [0.1, 0.15) is 11.3 Å². The van der Waals surface area contributed by atoms with Gasteiger partial charge in [-0.3, -0.25) is 4.79 Å². The summed E-state index contributed by atoms with van der Waals surface area (Å²) in [5.41, 5.74) is 1.40. The number of aromatic nitrogens is 3. The van der Waals surface area contributed by atoms with Crippen LogP contribution >= 0.6 is 27.5 Å². The van der Waals surface area contributed by atoms with Gasteiger partial charge in [0.05, 0.1) is 0 Å². The lowest BCUT2D eigenvalue weighted by molar-refractivity contribution is 0.0945. The van der Waals surface area contributed by atoms with Crippen LogP contribution in [0.3, 0.4) is 0 Å². The molecule has 2 heterocycles. The Kier molecular flexibility index (Phi) is 4.45. The Hall–Kier alpha value is -1.14. The molecule has 1 fully saturated rings. The van der Waals surface area contributed by atoms with Gasteiger partial charge in [-0.15, -0.1) is 0 Å². The summed E-state index contributed by atoms with van der Waals surface area (Å²) in [6.07, 6.45) is 6.20. The Labute approximate surface area is 136 Å². The van der Waals surface area contributed by atoms with Crippen LogP contribution in [-0.2, 0) is 0 Å². The van der Waals surface area contributed by atoms with Gasteiger partial charge in [0.15, 0.2) is 0 Å². The maximum absolute atomic E-state index is 12.4. The second-order valence-corrected chi connectivity index (χ2v) is 6.33. The largest absolute Gasteiger partial charge is 0.350 e. The molecule has 0 saturated heterocycles. The van der Waals surface area contributed by atoms with Crippen LogP contribution in [0.2, 0.25) is 5.28 Å². The van der Waals surface area contributed by atoms with E-state index in [1.807, 2.05) is 10.6 Å². The highest BCUT2D eigenvalue weighted by atomic mass is 79.9. The van der Waals surface area contributed by atoms with E-state index in [1.165, 1.54) is 12.8 Å². The van der Waals surface area contributed by atoms with Crippen molar-refractivity contribution in [2.24, 2.45) is 0 Å². The molecule has 21 heavy (non-hydrogen) atoms. The lowest BCUT2D eigenvalue weighted by Gasteiger charge is -2.16. The summed E-state index contributed by atoms with van der Waals surface area (Å²) in [5, 5.41) is 4.70. The van der Waals surface area contributed by atoms with Crippen molar-refractivity contribution in [2.75, 3.05) is 11.9 Å². The monoisotopic (exact) mass is 370 g/mol. The van der Waals surface area contributed by atoms with E-state index >= 15 is 0 Å². The number of nitrogens with one attached hydrogen (secondary N) is 1. The number of nitrogens with zero attached hydrogens (tertiary/aromatic N) is 3. The molecule has 5 nitrogen and oxygen atoms in total. The molecule has 2 aromatic rings. The quantitative estimate of drug-likeness (QED) is 0.662. The van der Waals surface area contributed by atoms with Gasteiger partial charge < -0.3 is 9.88 Å². The smallest absolute Gasteiger partial charge is 0.268 e. The Morgan fingerprint density at radius 1 is 1.48 bits per heavy atom. The van der Waals surface area contributed by atoms with E-state index in [0.29, 0.717) is 18.3 Å². The first-order valence-corrected chi connectivity index (χ1v) is 8.58. The van der Waals surface area contributed by atoms with Gasteiger partial charge in [-0.2, -0.15) is 4.98 Å². The van der Waals surface area contributed by atoms with Crippen LogP contribution in [0.25, 0.3) is 11.0 Å². The molecule has 3 rings (SSSR count). The van der Waals surface area contributed by atoms with Gasteiger partial charge in [-0.1, -0.05) is 28.8 Å². The van der Waals surface area contributed by atoms with Crippen LogP contribution in [0, 0.1) is 0 Å². The molecule has 0 unspecified atom stereocenters. The molecule has 1 aliphatic carbocycles. The number of hydrogen-bond donors (Lipinski definition) is 1. The average Bonchev–Trinajstić information content (AvgIpc) is 3.10. The molecule has 1 amide bonds. The third kappa shape index (κ3) is 2.92. The van der Waals surface area contributed by atoms with E-state index in [2.05, 4.69) is 31.2 Å². The fourth-order valence-electron chi connectivity index (χ4n) is 2.95. The highest BCUT2D eigenvalue weighted by Gasteiger charge is 2.25. The molecule has 1 saturated carbocycles. The van der Waals surface area contributed by atoms with E-state index in [1.54, 1.807) is 6.20 Å². The number of carbonyl (C=O) groups is 1. The van der Waals surface area contributed by atoms with Crippen LogP contribution in [0.5, 0.6) is 0 Å². The lowest BCUT2D eigenvalue weighted by atomic mass is 10.2. The highest BCUT2D eigenvalue weighted by molar-refractivity contribution is 9.09. The fraction of sp³-hybridized carbons (Fsp3) is 0.500. The molecule has 112 valence electrons. The van der Waals surface area contributed by atoms with E-state index < -0.39 is 0 Å². The van der Waals surface area contributed by atoms with E-state index in [4.69, 9.17) is 11.6 Å². The second kappa shape index (κ2) is 6.32. The van der Waals surface area contributed by atoms with Crippen molar-refractivity contribution >= 4 is 44.5 Å². The van der Waals surface area contributed by atoms with Crippen LogP contribution < -0.4 is 5.32 Å². The van der Waals surface area contributed by atoms with Crippen molar-refractivity contribution in [3.05, 3.63) is 23.2 Å². The summed E-state index contributed by atoms with van der Waals surface area (Å²) in [6.45, 7) is 0.595. The minimum absolute atomic E-state index is 0.0736. The highest BCUT2D eigenvalue weighted by Crippen LogP contribution is 2.34. The molecule has 0 radical (unpaired) electrons. The average molecular weight is 372 g/mol. The normalized spacial score (nSPS) is 15.7. The first kappa shape index (κ1) is 14.8. The third-order valence-corrected chi connectivity index (χ3v) is 4.43. The molecule has 2 aromatic heterocycles. The van der Waals surface area contributed by atoms with Gasteiger partial charge in [0.2, 0.25) is 5.28 Å². The Morgan fingerprint density at radius 2 is 2.24 bits per heavy atom. The molecule has 7 heteroatoms. The Balaban J connectivity index is 2.08. The number of alkyl halides is 1. The molecule has 0 bridgehead atoms. The van der Waals surface area contributed by atoms with Crippen molar-refractivity contribution in [1.29, 1.82) is 0 Å². The molecule has 0 aliphatic heterocycles. The zero-order chi connectivity index (χ0) is 14.8. The zero-order valence-corrected chi connectivity index (χ0v) is 13.8. The van der Waals surface area contributed by atoms with Crippen LogP contribution in [0.15, 0.2) is 12.3 Å². The lowest BCUT2D eigenvalue weighted by Crippen LogP contribution is -2.28. The van der Waals surface area contributed by atoms with Gasteiger partial charge in [0, 0.05) is 29.5 Å². The fourth-order valence-corrected chi connectivity index (χ4v) is 3.27. The van der Waals surface area contributed by atoms with E-state index in [-0.39, 0.29) is 11.2 Å². The van der Waals surface area contributed by atoms with Crippen LogP contribution in [0.4, 0.5) is 0 Å². The zero-order valence-electron chi connectivity index (χ0n) is 11.5. The minimum Gasteiger partial charge on any atom is -0.350 e. The second-order valence-electron chi connectivity index (χ2n) is 5.20. The van der Waals surface area contributed by atoms with E-state index in [0.717, 1.165) is 29.2 Å². The maximum Gasteiger partial charge on any atom is 0.268 e. The molecule has 0 atom stereocenters. The maximum atomic E-state index is 12.4. The summed E-state index contributed by atoms with van der Waals surface area (Å²) in [6, 6.07) is 2.17. The number of carbonyl (C=O) groups excluding carboxylic acids is 1. The number of hydrogen-bond acceptors (Lipinski definition) is 3. The predicted molar refractivity (Wildman–Crippen MR) is 86.2 cm³/mol. The predicted octanol–water partition coefficient (Wildman–Crippen LogP) is 3.32. The summed E-state index contributed by atoms with van der Waals surface area (Å²) < 4.78 is 2.04. The molecule has 1 N–H and O–H groups in total. The van der Waals surface area contributed by atoms with Crippen molar-refractivity contribution in [2.45, 2.75) is 31.7 Å². The van der Waals surface area contributed by atoms with Crippen LogP contribution in [0.1, 0.15) is 42.2 Å². The van der Waals surface area contributed by atoms with Gasteiger partial charge in [-0.05, 0) is 30.5 Å². The summed E-state index contributed by atoms with van der Waals surface area (Å²) in [4.78, 5) is 20.7. The van der Waals surface area contributed by atoms with Crippen molar-refractivity contribution in [1.82, 2.24) is 19.9 Å². The standard InChI is InChI=1S/C14H16BrClN4O/c15-5-6-17-13(21)11-7-9-8-18-14(16)19-12(9)20(11)10-3-1-2-4-10/h7-8,10H,1-6H2,(H,17,21). The van der Waals surface area contributed by atoms with Crippen molar-refractivity contribution in [3.8, 4) is 0 Å². The van der Waals surface area contributed by atoms with Gasteiger partial charge >= 0.3 is 0 Å². The van der Waals surface area contributed by atoms with Gasteiger partial charge in [0.25, 0.3) is 5.91 Å². The summed E-state index contributed by atoms with van der Waals surface area (Å²) in [7, 11) is 0. The van der Waals surface area contributed by atoms with Gasteiger partial charge in [-0.25, -0.2) is 4.98 Å². The Bertz CT molecular complexity index is 666. The SMILES string of the molecule is O=C(NCCBr)c1cc2cnc(Cl)nc2n1C1CCCC1. The number of fused-ring (bicyclic) bond motifs is 1. The summed E-state index contributed by atoms with van der Waals surface area (Å²) in [5.74, 6) is -0.0736. The number of halogens is 2. The Morgan fingerprint density at radius 3 is 2.95 bits per heavy atom.